The van der Waals surface area contributed by atoms with Crippen molar-refractivity contribution in [2.45, 2.75) is 83.3 Å². The largest absolute Gasteiger partial charge is 0.395 e. The molecule has 2 atom stereocenters. The van der Waals surface area contributed by atoms with Crippen molar-refractivity contribution in [3.05, 3.63) is 0 Å². The highest BCUT2D eigenvalue weighted by molar-refractivity contribution is 4.72. The number of aliphatic hydroxyl groups excluding tert-OH is 1. The molecule has 2 unspecified atom stereocenters. The third-order valence-electron chi connectivity index (χ3n) is 4.03. The number of hydrogen-bond donors (Lipinski definition) is 2. The molecule has 1 rings (SSSR count). The summed E-state index contributed by atoms with van der Waals surface area (Å²) in [6, 6.07) is 0.264. The van der Waals surface area contributed by atoms with E-state index in [0.29, 0.717) is 6.10 Å². The molecule has 1 heterocycles. The maximum absolute atomic E-state index is 9.37. The van der Waals surface area contributed by atoms with Gasteiger partial charge in [0.1, 0.15) is 0 Å². The zero-order valence-corrected chi connectivity index (χ0v) is 12.7. The summed E-state index contributed by atoms with van der Waals surface area (Å²) in [6.45, 7) is 4.32. The van der Waals surface area contributed by atoms with Gasteiger partial charge in [-0.3, -0.25) is 0 Å². The first kappa shape index (κ1) is 16.9. The topological polar surface area (TPSA) is 41.5 Å². The van der Waals surface area contributed by atoms with Crippen LogP contribution in [0.25, 0.3) is 0 Å². The highest BCUT2D eigenvalue weighted by atomic mass is 16.5. The van der Waals surface area contributed by atoms with E-state index in [-0.39, 0.29) is 12.6 Å². The van der Waals surface area contributed by atoms with Gasteiger partial charge in [-0.05, 0) is 19.3 Å². The lowest BCUT2D eigenvalue weighted by molar-refractivity contribution is 0.103. The average molecular weight is 271 g/mol. The third kappa shape index (κ3) is 8.61. The first-order chi connectivity index (χ1) is 9.36. The van der Waals surface area contributed by atoms with Gasteiger partial charge >= 0.3 is 0 Å². The van der Waals surface area contributed by atoms with Crippen molar-refractivity contribution in [3.63, 3.8) is 0 Å². The van der Waals surface area contributed by atoms with Crippen LogP contribution in [0.4, 0.5) is 0 Å². The highest BCUT2D eigenvalue weighted by Crippen LogP contribution is 2.12. The minimum absolute atomic E-state index is 0.253. The Labute approximate surface area is 119 Å². The van der Waals surface area contributed by atoms with Crippen molar-refractivity contribution in [3.8, 4) is 0 Å². The van der Waals surface area contributed by atoms with Crippen LogP contribution in [0.3, 0.4) is 0 Å². The lowest BCUT2D eigenvalue weighted by Crippen LogP contribution is -2.37. The number of unbranched alkanes of at least 4 members (excludes halogenated alkanes) is 6. The predicted molar refractivity (Wildman–Crippen MR) is 80.5 cm³/mol. The molecule has 0 bridgehead atoms. The molecule has 114 valence electrons. The summed E-state index contributed by atoms with van der Waals surface area (Å²) in [4.78, 5) is 0. The van der Waals surface area contributed by atoms with Crippen LogP contribution in [0, 0.1) is 0 Å². The summed E-state index contributed by atoms with van der Waals surface area (Å²) >= 11 is 0. The van der Waals surface area contributed by atoms with Crippen LogP contribution in [0.5, 0.6) is 0 Å². The molecular weight excluding hydrogens is 238 g/mol. The standard InChI is InChI=1S/C16H33NO2/c1-2-3-4-5-6-7-8-10-15(14-18)17-13-16-11-9-12-19-16/h15-18H,2-14H2,1H3. The second-order valence-corrected chi connectivity index (χ2v) is 5.83. The van der Waals surface area contributed by atoms with Crippen LogP contribution in [0.1, 0.15) is 71.1 Å². The molecule has 0 spiro atoms. The molecular formula is C16H33NO2. The smallest absolute Gasteiger partial charge is 0.0700 e. The summed E-state index contributed by atoms with van der Waals surface area (Å²) in [7, 11) is 0. The number of hydrogen-bond acceptors (Lipinski definition) is 3. The second kappa shape index (κ2) is 11.7. The van der Waals surface area contributed by atoms with E-state index < -0.39 is 0 Å². The van der Waals surface area contributed by atoms with Crippen LogP contribution < -0.4 is 5.32 Å². The average Bonchev–Trinajstić information content (AvgIpc) is 2.94. The van der Waals surface area contributed by atoms with Gasteiger partial charge in [0.2, 0.25) is 0 Å². The Bertz CT molecular complexity index is 193. The Morgan fingerprint density at radius 3 is 2.53 bits per heavy atom. The van der Waals surface area contributed by atoms with Crippen molar-refractivity contribution >= 4 is 0 Å². The number of rotatable bonds is 12. The summed E-state index contributed by atoms with van der Waals surface area (Å²) in [5.74, 6) is 0. The summed E-state index contributed by atoms with van der Waals surface area (Å²) in [5.41, 5.74) is 0. The van der Waals surface area contributed by atoms with Crippen LogP contribution in [-0.4, -0.2) is 37.0 Å². The SMILES string of the molecule is CCCCCCCCCC(CO)NCC1CCCO1. The molecule has 19 heavy (non-hydrogen) atoms. The quantitative estimate of drug-likeness (QED) is 0.535. The lowest BCUT2D eigenvalue weighted by atomic mass is 10.1. The Kier molecular flexibility index (Phi) is 10.4. The van der Waals surface area contributed by atoms with Gasteiger partial charge in [0.05, 0.1) is 12.7 Å². The number of aliphatic hydroxyl groups is 1. The van der Waals surface area contributed by atoms with Crippen LogP contribution in [0.15, 0.2) is 0 Å². The normalized spacial score (nSPS) is 20.8. The molecule has 3 heteroatoms. The first-order valence-corrected chi connectivity index (χ1v) is 8.32. The van der Waals surface area contributed by atoms with Crippen LogP contribution in [-0.2, 0) is 4.74 Å². The Hall–Kier alpha value is -0.120. The molecule has 3 nitrogen and oxygen atoms in total. The van der Waals surface area contributed by atoms with E-state index in [0.717, 1.165) is 19.6 Å². The second-order valence-electron chi connectivity index (χ2n) is 5.83. The number of nitrogens with one attached hydrogen (secondary N) is 1. The van der Waals surface area contributed by atoms with Gasteiger partial charge in [-0.15, -0.1) is 0 Å². The zero-order valence-electron chi connectivity index (χ0n) is 12.7. The molecule has 0 amide bonds. The maximum atomic E-state index is 9.37. The van der Waals surface area contributed by atoms with Gasteiger partial charge in [-0.1, -0.05) is 51.9 Å². The molecule has 0 aromatic carbocycles. The molecule has 0 aromatic heterocycles. The summed E-state index contributed by atoms with van der Waals surface area (Å²) in [6.07, 6.45) is 13.2. The summed E-state index contributed by atoms with van der Waals surface area (Å²) in [5, 5.41) is 12.8. The van der Waals surface area contributed by atoms with E-state index >= 15 is 0 Å². The van der Waals surface area contributed by atoms with Crippen molar-refractivity contribution in [2.75, 3.05) is 19.8 Å². The van der Waals surface area contributed by atoms with E-state index in [1.165, 1.54) is 57.8 Å². The fourth-order valence-electron chi connectivity index (χ4n) is 2.71. The Morgan fingerprint density at radius 2 is 1.89 bits per heavy atom. The summed E-state index contributed by atoms with van der Waals surface area (Å²) < 4.78 is 5.58. The van der Waals surface area contributed by atoms with Gasteiger partial charge in [-0.25, -0.2) is 0 Å². The van der Waals surface area contributed by atoms with E-state index in [1.807, 2.05) is 0 Å². The monoisotopic (exact) mass is 271 g/mol. The van der Waals surface area contributed by atoms with Crippen molar-refractivity contribution in [1.82, 2.24) is 5.32 Å². The van der Waals surface area contributed by atoms with Gasteiger partial charge in [0, 0.05) is 19.2 Å². The van der Waals surface area contributed by atoms with Crippen LogP contribution >= 0.6 is 0 Å². The molecule has 2 N–H and O–H groups in total. The molecule has 1 saturated heterocycles. The van der Waals surface area contributed by atoms with Gasteiger partial charge in [0.15, 0.2) is 0 Å². The molecule has 1 fully saturated rings. The molecule has 0 aromatic rings. The Balaban J connectivity index is 1.92. The molecule has 0 radical (unpaired) electrons. The third-order valence-corrected chi connectivity index (χ3v) is 4.03. The molecule has 1 aliphatic heterocycles. The molecule has 0 aliphatic carbocycles. The minimum atomic E-state index is 0.253. The predicted octanol–water partition coefficient (Wildman–Crippen LogP) is 3.26. The van der Waals surface area contributed by atoms with Crippen molar-refractivity contribution < 1.29 is 9.84 Å². The van der Waals surface area contributed by atoms with Gasteiger partial charge in [0.25, 0.3) is 0 Å². The van der Waals surface area contributed by atoms with E-state index in [4.69, 9.17) is 4.74 Å². The van der Waals surface area contributed by atoms with Gasteiger partial charge in [-0.2, -0.15) is 0 Å². The van der Waals surface area contributed by atoms with Crippen molar-refractivity contribution in [2.24, 2.45) is 0 Å². The van der Waals surface area contributed by atoms with Gasteiger partial charge < -0.3 is 15.2 Å². The van der Waals surface area contributed by atoms with E-state index in [1.54, 1.807) is 0 Å². The fourth-order valence-corrected chi connectivity index (χ4v) is 2.71. The lowest BCUT2D eigenvalue weighted by Gasteiger charge is -2.18. The zero-order chi connectivity index (χ0) is 13.8. The van der Waals surface area contributed by atoms with E-state index in [2.05, 4.69) is 12.2 Å². The molecule has 1 aliphatic rings. The fraction of sp³-hybridized carbons (Fsp3) is 1.00. The van der Waals surface area contributed by atoms with Crippen molar-refractivity contribution in [1.29, 1.82) is 0 Å². The van der Waals surface area contributed by atoms with E-state index in [9.17, 15) is 5.11 Å². The Morgan fingerprint density at radius 1 is 1.16 bits per heavy atom. The number of ether oxygens (including phenoxy) is 1. The molecule has 0 saturated carbocycles. The maximum Gasteiger partial charge on any atom is 0.0700 e. The first-order valence-electron chi connectivity index (χ1n) is 8.32. The highest BCUT2D eigenvalue weighted by Gasteiger charge is 2.16. The minimum Gasteiger partial charge on any atom is -0.395 e. The van der Waals surface area contributed by atoms with Crippen LogP contribution in [0.2, 0.25) is 0 Å².